The Kier molecular flexibility index (Phi) is 27.8. The molecule has 504 valence electrons. The third-order valence-corrected chi connectivity index (χ3v) is 16.1. The maximum atomic E-state index is 14.9. The van der Waals surface area contributed by atoms with E-state index >= 15 is 0 Å². The summed E-state index contributed by atoms with van der Waals surface area (Å²) in [6, 6.07) is 20.6. The number of nitrogens with two attached hydrogens (primary N) is 1. The maximum absolute atomic E-state index is 14.9. The summed E-state index contributed by atoms with van der Waals surface area (Å²) in [5.74, 6) is -12.1. The summed E-state index contributed by atoms with van der Waals surface area (Å²) in [4.78, 5) is 181. The number of likely N-dealkylation sites (tertiary alicyclic amines) is 2. The number of carbonyl (C=O) groups is 13. The molecular formula is C68H87N11O15. The molecule has 11 amide bonds. The van der Waals surface area contributed by atoms with Gasteiger partial charge in [0.2, 0.25) is 65.0 Å². The van der Waals surface area contributed by atoms with Crippen LogP contribution in [0.1, 0.15) is 108 Å². The van der Waals surface area contributed by atoms with Crippen molar-refractivity contribution in [2.75, 3.05) is 13.1 Å². The van der Waals surface area contributed by atoms with Crippen molar-refractivity contribution in [3.8, 4) is 0 Å². The fraction of sp³-hybridized carbons (Fsp3) is 0.456. The number of carbonyl (C=O) groups excluding carboxylic acids is 11. The minimum atomic E-state index is -1.85. The van der Waals surface area contributed by atoms with Gasteiger partial charge in [0, 0.05) is 45.7 Å². The lowest BCUT2D eigenvalue weighted by Crippen LogP contribution is -2.61. The Bertz CT molecular complexity index is 3300. The summed E-state index contributed by atoms with van der Waals surface area (Å²) in [5, 5.41) is 40.8. The third-order valence-electron chi connectivity index (χ3n) is 16.1. The molecule has 4 aromatic carbocycles. The van der Waals surface area contributed by atoms with Gasteiger partial charge in [-0.2, -0.15) is 0 Å². The van der Waals surface area contributed by atoms with Crippen molar-refractivity contribution < 1.29 is 72.5 Å². The van der Waals surface area contributed by atoms with E-state index in [4.69, 9.17) is 5.73 Å². The first kappa shape index (κ1) is 73.0. The highest BCUT2D eigenvalue weighted by atomic mass is 16.4. The molecule has 12 N–H and O–H groups in total. The highest BCUT2D eigenvalue weighted by molar-refractivity contribution is 6.00. The van der Waals surface area contributed by atoms with E-state index in [-0.39, 0.29) is 69.9 Å². The first-order valence-electron chi connectivity index (χ1n) is 31.7. The van der Waals surface area contributed by atoms with E-state index in [0.29, 0.717) is 41.5 Å². The smallest absolute Gasteiger partial charge is 0.305 e. The molecule has 0 unspecified atom stereocenters. The highest BCUT2D eigenvalue weighted by Gasteiger charge is 2.43. The van der Waals surface area contributed by atoms with Crippen LogP contribution in [0.25, 0.3) is 0 Å². The van der Waals surface area contributed by atoms with E-state index in [1.165, 1.54) is 16.7 Å². The second-order valence-corrected chi connectivity index (χ2v) is 24.7. The zero-order chi connectivity index (χ0) is 68.6. The lowest BCUT2D eigenvalue weighted by atomic mass is 10.00. The van der Waals surface area contributed by atoms with Crippen molar-refractivity contribution in [3.63, 3.8) is 0 Å². The van der Waals surface area contributed by atoms with Crippen LogP contribution in [0.4, 0.5) is 0 Å². The zero-order valence-corrected chi connectivity index (χ0v) is 53.5. The van der Waals surface area contributed by atoms with Crippen LogP contribution in [-0.4, -0.2) is 170 Å². The largest absolute Gasteiger partial charge is 0.481 e. The third kappa shape index (κ3) is 22.7. The van der Waals surface area contributed by atoms with Gasteiger partial charge < -0.3 is 68.3 Å². The van der Waals surface area contributed by atoms with E-state index in [1.807, 2.05) is 13.8 Å². The van der Waals surface area contributed by atoms with E-state index < -0.39 is 150 Å². The summed E-state index contributed by atoms with van der Waals surface area (Å²) in [5.41, 5.74) is 7.77. The summed E-state index contributed by atoms with van der Waals surface area (Å²) in [6.07, 6.45) is -0.920. The van der Waals surface area contributed by atoms with Gasteiger partial charge in [-0.05, 0) is 72.6 Å². The number of carboxylic acid groups (broad SMARTS) is 2. The van der Waals surface area contributed by atoms with Crippen molar-refractivity contribution >= 4 is 76.9 Å². The van der Waals surface area contributed by atoms with Crippen LogP contribution >= 0.6 is 0 Å². The lowest BCUT2D eigenvalue weighted by molar-refractivity contribution is -0.144. The number of amides is 11. The van der Waals surface area contributed by atoms with Crippen LogP contribution in [-0.2, 0) is 88.0 Å². The Morgan fingerprint density at radius 3 is 0.989 bits per heavy atom. The molecule has 0 aliphatic carbocycles. The van der Waals surface area contributed by atoms with Crippen LogP contribution in [0, 0.1) is 11.8 Å². The number of benzene rings is 4. The molecule has 10 atom stereocenters. The quantitative estimate of drug-likeness (QED) is 0.0315. The zero-order valence-electron chi connectivity index (χ0n) is 53.5. The number of hydrogen-bond donors (Lipinski definition) is 11. The fourth-order valence-electron chi connectivity index (χ4n) is 11.6. The first-order valence-corrected chi connectivity index (χ1v) is 31.7. The van der Waals surface area contributed by atoms with Gasteiger partial charge in [0.15, 0.2) is 0 Å². The summed E-state index contributed by atoms with van der Waals surface area (Å²) in [7, 11) is 0. The standard InChI is InChI=1S/C68H87N11O15/c1-40(2)32-53(70-42(5)80)67(93)78-30-18-28-55(78)65(91)75-51(37-46-26-16-9-17-27-46)63(89)73-49(35-44-22-12-7-13-23-44)61(87)74-52(39-58(83)84)64(90)77-54(33-41(3)4)68(94)79-31-19-29-56(79)66(92)76-50(36-45-24-14-8-15-25-45)62(88)72-48(34-43-20-10-6-11-21-43)60(86)71-47(59(69)85)38-57(81)82/h6-17,20-27,40-41,47-56H,18-19,28-39H2,1-5H3,(H2,69,85)(H,70,80)(H,71,86)(H,72,88)(H,73,89)(H,74,87)(H,75,91)(H,76,92)(H,77,90)(H,81,82)(H,83,84)/t47-,48-,49-,50-,51-,52-,53-,54-,55-,56-/m0/s1. The van der Waals surface area contributed by atoms with Crippen molar-refractivity contribution in [3.05, 3.63) is 144 Å². The molecule has 0 saturated carbocycles. The minimum absolute atomic E-state index is 0.0178. The first-order chi connectivity index (χ1) is 44.8. The highest BCUT2D eigenvalue weighted by Crippen LogP contribution is 2.24. The molecule has 26 nitrogen and oxygen atoms in total. The number of rotatable bonds is 34. The molecule has 94 heavy (non-hydrogen) atoms. The average molecular weight is 1300 g/mol. The minimum Gasteiger partial charge on any atom is -0.481 e. The Morgan fingerprint density at radius 2 is 0.681 bits per heavy atom. The van der Waals surface area contributed by atoms with Crippen LogP contribution in [0.2, 0.25) is 0 Å². The van der Waals surface area contributed by atoms with Crippen molar-refractivity contribution in [2.45, 2.75) is 172 Å². The Morgan fingerprint density at radius 1 is 0.404 bits per heavy atom. The van der Waals surface area contributed by atoms with Gasteiger partial charge in [-0.3, -0.25) is 62.3 Å². The van der Waals surface area contributed by atoms with Gasteiger partial charge in [-0.25, -0.2) is 0 Å². The Labute approximate surface area is 546 Å². The normalized spacial score (nSPS) is 16.9. The molecule has 0 aromatic heterocycles. The fourth-order valence-corrected chi connectivity index (χ4v) is 11.6. The predicted molar refractivity (Wildman–Crippen MR) is 344 cm³/mol. The monoisotopic (exact) mass is 1300 g/mol. The molecule has 2 aliphatic rings. The number of nitrogens with one attached hydrogen (secondary N) is 8. The SMILES string of the molecule is CC(=O)N[C@@H](CC(C)C)C(=O)N1CCC[C@H]1C(=O)N[C@@H](Cc1ccccc1)C(=O)N[C@@H](Cc1ccccc1)C(=O)N[C@@H](CC(=O)O)C(=O)N[C@@H](CC(C)C)C(=O)N1CCC[C@H]1C(=O)N[C@@H](Cc1ccccc1)C(=O)N[C@@H](Cc1ccccc1)C(=O)N[C@@H](CC(=O)O)C(N)=O. The van der Waals surface area contributed by atoms with Gasteiger partial charge in [0.05, 0.1) is 12.8 Å². The molecule has 4 aromatic rings. The molecule has 2 fully saturated rings. The van der Waals surface area contributed by atoms with Gasteiger partial charge in [-0.15, -0.1) is 0 Å². The van der Waals surface area contributed by atoms with Gasteiger partial charge in [-0.1, -0.05) is 149 Å². The van der Waals surface area contributed by atoms with Gasteiger partial charge in [0.1, 0.15) is 60.4 Å². The second kappa shape index (κ2) is 35.7. The number of nitrogens with zero attached hydrogens (tertiary/aromatic N) is 2. The number of carboxylic acids is 2. The van der Waals surface area contributed by atoms with Crippen LogP contribution in [0.5, 0.6) is 0 Å². The molecule has 0 bridgehead atoms. The van der Waals surface area contributed by atoms with Crippen LogP contribution in [0.15, 0.2) is 121 Å². The van der Waals surface area contributed by atoms with Crippen molar-refractivity contribution in [2.24, 2.45) is 17.6 Å². The van der Waals surface area contributed by atoms with Crippen LogP contribution in [0.3, 0.4) is 0 Å². The van der Waals surface area contributed by atoms with Gasteiger partial charge in [0.25, 0.3) is 0 Å². The van der Waals surface area contributed by atoms with Crippen molar-refractivity contribution in [1.82, 2.24) is 52.3 Å². The molecule has 0 radical (unpaired) electrons. The molecule has 26 heteroatoms. The number of primary amides is 1. The summed E-state index contributed by atoms with van der Waals surface area (Å²) in [6.45, 7) is 8.86. The van der Waals surface area contributed by atoms with Gasteiger partial charge >= 0.3 is 11.9 Å². The number of hydrogen-bond acceptors (Lipinski definition) is 13. The van der Waals surface area contributed by atoms with E-state index in [0.717, 1.165) is 0 Å². The predicted octanol–water partition coefficient (Wildman–Crippen LogP) is 1.36. The van der Waals surface area contributed by atoms with Crippen LogP contribution < -0.4 is 48.3 Å². The molecule has 2 heterocycles. The molecule has 2 saturated heterocycles. The maximum Gasteiger partial charge on any atom is 0.305 e. The molecule has 0 spiro atoms. The van der Waals surface area contributed by atoms with E-state index in [9.17, 15) is 72.5 Å². The molecule has 2 aliphatic heterocycles. The average Bonchev–Trinajstić information content (AvgIpc) is 1.59. The topological polar surface area (TPSA) is 391 Å². The molecular weight excluding hydrogens is 1210 g/mol. The lowest BCUT2D eigenvalue weighted by Gasteiger charge is -2.32. The van der Waals surface area contributed by atoms with E-state index in [1.54, 1.807) is 135 Å². The van der Waals surface area contributed by atoms with Crippen molar-refractivity contribution in [1.29, 1.82) is 0 Å². The molecule has 6 rings (SSSR count). The second-order valence-electron chi connectivity index (χ2n) is 24.7. The summed E-state index contributed by atoms with van der Waals surface area (Å²) >= 11 is 0. The number of aliphatic carboxylic acids is 2. The van der Waals surface area contributed by atoms with E-state index in [2.05, 4.69) is 42.5 Å². The Hall–Kier alpha value is -10.0. The summed E-state index contributed by atoms with van der Waals surface area (Å²) < 4.78 is 0. The Balaban J connectivity index is 1.22.